The Hall–Kier alpha value is -2.05. The van der Waals surface area contributed by atoms with Gasteiger partial charge in [0, 0.05) is 5.39 Å². The molecule has 3 heterocycles. The average Bonchev–Trinajstić information content (AvgIpc) is 3.11. The van der Waals surface area contributed by atoms with Crippen LogP contribution in [0.2, 0.25) is 11.2 Å². The number of furan rings is 1. The van der Waals surface area contributed by atoms with Gasteiger partial charge in [-0.15, -0.1) is 11.3 Å². The molecule has 0 unspecified atom stereocenters. The summed E-state index contributed by atoms with van der Waals surface area (Å²) in [7, 11) is 1.99. The van der Waals surface area contributed by atoms with Gasteiger partial charge in [-0.2, -0.15) is 0 Å². The lowest BCUT2D eigenvalue weighted by atomic mass is 9.73. The quantitative estimate of drug-likeness (QED) is 0.574. The van der Waals surface area contributed by atoms with Gasteiger partial charge in [0.1, 0.15) is 18.4 Å². The van der Waals surface area contributed by atoms with Crippen molar-refractivity contribution in [2.75, 3.05) is 0 Å². The summed E-state index contributed by atoms with van der Waals surface area (Å²) in [5.74, 6) is 0.503. The first-order valence-electron chi connectivity index (χ1n) is 6.67. The zero-order chi connectivity index (χ0) is 15.3. The summed E-state index contributed by atoms with van der Waals surface area (Å²) in [6.45, 7) is 1.96. The zero-order valence-electron chi connectivity index (χ0n) is 11.5. The highest BCUT2D eigenvalue weighted by atomic mass is 35.5. The molecule has 3 aromatic heterocycles. The van der Waals surface area contributed by atoms with Crippen LogP contribution in [0.4, 0.5) is 0 Å². The molecule has 0 amide bonds. The number of hydrogen-bond donors (Lipinski definition) is 1. The van der Waals surface area contributed by atoms with E-state index in [4.69, 9.17) is 16.0 Å². The van der Waals surface area contributed by atoms with Crippen molar-refractivity contribution < 1.29 is 4.42 Å². The van der Waals surface area contributed by atoms with Crippen molar-refractivity contribution >= 4 is 57.7 Å². The summed E-state index contributed by atoms with van der Waals surface area (Å²) in [5.41, 5.74) is 2.23. The van der Waals surface area contributed by atoms with Crippen LogP contribution in [0.1, 0.15) is 0 Å². The van der Waals surface area contributed by atoms with Crippen molar-refractivity contribution in [3.05, 3.63) is 45.0 Å². The molecule has 0 aliphatic rings. The third-order valence-corrected chi connectivity index (χ3v) is 4.73. The van der Waals surface area contributed by atoms with Gasteiger partial charge in [0.05, 0.1) is 9.21 Å². The fourth-order valence-electron chi connectivity index (χ4n) is 2.41. The van der Waals surface area contributed by atoms with Gasteiger partial charge in [-0.1, -0.05) is 36.0 Å². The van der Waals surface area contributed by atoms with E-state index >= 15 is 0 Å². The molecule has 0 saturated carbocycles. The van der Waals surface area contributed by atoms with Gasteiger partial charge in [0.2, 0.25) is 5.58 Å². The van der Waals surface area contributed by atoms with Crippen molar-refractivity contribution in [3.8, 4) is 10.7 Å². The molecule has 107 valence electrons. The van der Waals surface area contributed by atoms with E-state index in [0.717, 1.165) is 15.7 Å². The van der Waals surface area contributed by atoms with Gasteiger partial charge in [-0.3, -0.25) is 4.79 Å². The van der Waals surface area contributed by atoms with E-state index in [9.17, 15) is 4.79 Å². The minimum absolute atomic E-state index is 0.245. The lowest BCUT2D eigenvalue weighted by molar-refractivity contribution is 0.661. The van der Waals surface area contributed by atoms with E-state index in [-0.39, 0.29) is 11.1 Å². The van der Waals surface area contributed by atoms with E-state index < -0.39 is 0 Å². The summed E-state index contributed by atoms with van der Waals surface area (Å²) < 4.78 is 6.29. The maximum absolute atomic E-state index is 12.3. The smallest absolute Gasteiger partial charge is 0.294 e. The fraction of sp³-hybridized carbons (Fsp3) is 0.0667. The molecule has 0 fully saturated rings. The zero-order valence-corrected chi connectivity index (χ0v) is 13.1. The topological polar surface area (TPSA) is 58.9 Å². The van der Waals surface area contributed by atoms with Crippen molar-refractivity contribution in [1.82, 2.24) is 9.97 Å². The van der Waals surface area contributed by atoms with Crippen molar-refractivity contribution in [2.24, 2.45) is 0 Å². The molecule has 4 nitrogen and oxygen atoms in total. The SMILES string of the molecule is C[B]c1ccc2oc3c(=O)[nH]c(-c4ccc(Cl)s4)nc3c2c1. The molecule has 4 rings (SSSR count). The normalized spacial score (nSPS) is 11.4. The van der Waals surface area contributed by atoms with Crippen LogP contribution in [0.25, 0.3) is 32.8 Å². The van der Waals surface area contributed by atoms with Crippen molar-refractivity contribution in [3.63, 3.8) is 0 Å². The Morgan fingerprint density at radius 1 is 1.32 bits per heavy atom. The summed E-state index contributed by atoms with van der Waals surface area (Å²) in [6, 6.07) is 9.39. The predicted octanol–water partition coefficient (Wildman–Crippen LogP) is 3.43. The highest BCUT2D eigenvalue weighted by Crippen LogP contribution is 2.30. The Balaban J connectivity index is 2.06. The van der Waals surface area contributed by atoms with Crippen LogP contribution in [-0.2, 0) is 0 Å². The van der Waals surface area contributed by atoms with Gasteiger partial charge in [-0.25, -0.2) is 4.98 Å². The standard InChI is InChI=1S/C15H9BClN2O2S/c1-16-7-2-3-9-8(6-7)12-13(21-9)15(20)19-14(18-12)10-4-5-11(17)22-10/h2-6H,1H3,(H,18,19,20). The maximum Gasteiger partial charge on any atom is 0.294 e. The monoisotopic (exact) mass is 327 g/mol. The number of halogens is 1. The lowest BCUT2D eigenvalue weighted by Gasteiger charge is -1.97. The van der Waals surface area contributed by atoms with Crippen LogP contribution in [0.3, 0.4) is 0 Å². The Morgan fingerprint density at radius 2 is 2.18 bits per heavy atom. The highest BCUT2D eigenvalue weighted by Gasteiger charge is 2.15. The van der Waals surface area contributed by atoms with Crippen LogP contribution in [-0.4, -0.2) is 17.2 Å². The largest absolute Gasteiger partial charge is 0.449 e. The molecule has 4 aromatic rings. The first-order chi connectivity index (χ1) is 10.7. The molecule has 0 aliphatic heterocycles. The molecule has 7 heteroatoms. The molecule has 1 radical (unpaired) electrons. The van der Waals surface area contributed by atoms with Crippen LogP contribution < -0.4 is 11.0 Å². The average molecular weight is 328 g/mol. The van der Waals surface area contributed by atoms with Crippen LogP contribution >= 0.6 is 22.9 Å². The molecule has 0 bridgehead atoms. The van der Waals surface area contributed by atoms with Gasteiger partial charge < -0.3 is 9.40 Å². The molecular weight excluding hydrogens is 319 g/mol. The van der Waals surface area contributed by atoms with Crippen LogP contribution in [0, 0.1) is 0 Å². The Labute approximate surface area is 135 Å². The van der Waals surface area contributed by atoms with Gasteiger partial charge >= 0.3 is 0 Å². The second kappa shape index (κ2) is 5.00. The van der Waals surface area contributed by atoms with E-state index in [0.29, 0.717) is 21.3 Å². The number of H-pyrrole nitrogens is 1. The molecule has 0 spiro atoms. The predicted molar refractivity (Wildman–Crippen MR) is 91.7 cm³/mol. The van der Waals surface area contributed by atoms with Gasteiger partial charge in [-0.05, 0) is 18.2 Å². The number of hydrogen-bond acceptors (Lipinski definition) is 4. The van der Waals surface area contributed by atoms with Gasteiger partial charge in [0.25, 0.3) is 5.56 Å². The number of nitrogens with one attached hydrogen (secondary N) is 1. The number of thiophene rings is 1. The van der Waals surface area contributed by atoms with Crippen molar-refractivity contribution in [2.45, 2.75) is 6.82 Å². The van der Waals surface area contributed by atoms with E-state index in [1.807, 2.05) is 38.4 Å². The molecule has 0 aliphatic carbocycles. The number of aromatic nitrogens is 2. The molecule has 0 atom stereocenters. The van der Waals surface area contributed by atoms with Crippen LogP contribution in [0.15, 0.2) is 39.5 Å². The number of nitrogens with zero attached hydrogens (tertiary/aromatic N) is 1. The number of fused-ring (bicyclic) bond motifs is 3. The van der Waals surface area contributed by atoms with Gasteiger partial charge in [0.15, 0.2) is 5.82 Å². The van der Waals surface area contributed by atoms with E-state index in [2.05, 4.69) is 9.97 Å². The first kappa shape index (κ1) is 13.6. The van der Waals surface area contributed by atoms with E-state index in [1.54, 1.807) is 6.07 Å². The summed E-state index contributed by atoms with van der Waals surface area (Å²) in [5, 5.41) is 0.834. The fourth-order valence-corrected chi connectivity index (χ4v) is 3.40. The first-order valence-corrected chi connectivity index (χ1v) is 7.87. The maximum atomic E-state index is 12.3. The van der Waals surface area contributed by atoms with Crippen LogP contribution in [0.5, 0.6) is 0 Å². The third kappa shape index (κ3) is 2.07. The van der Waals surface area contributed by atoms with E-state index in [1.165, 1.54) is 11.3 Å². The Morgan fingerprint density at radius 3 is 2.91 bits per heavy atom. The molecule has 22 heavy (non-hydrogen) atoms. The third-order valence-electron chi connectivity index (χ3n) is 3.49. The Kier molecular flexibility index (Phi) is 3.09. The highest BCUT2D eigenvalue weighted by molar-refractivity contribution is 7.19. The number of benzene rings is 1. The molecule has 0 saturated heterocycles. The number of rotatable bonds is 2. The summed E-state index contributed by atoms with van der Waals surface area (Å²) in [6.07, 6.45) is 0. The molecular formula is C15H9BClN2O2S. The Bertz CT molecular complexity index is 1070. The second-order valence-corrected chi connectivity index (χ2v) is 6.56. The minimum Gasteiger partial charge on any atom is -0.449 e. The second-order valence-electron chi connectivity index (χ2n) is 4.84. The number of aromatic amines is 1. The summed E-state index contributed by atoms with van der Waals surface area (Å²) in [4.78, 5) is 20.4. The molecule has 1 aromatic carbocycles. The molecule has 1 N–H and O–H groups in total. The minimum atomic E-state index is -0.289. The van der Waals surface area contributed by atoms with Crippen molar-refractivity contribution in [1.29, 1.82) is 0 Å². The summed E-state index contributed by atoms with van der Waals surface area (Å²) >= 11 is 7.33. The lowest BCUT2D eigenvalue weighted by Crippen LogP contribution is -2.09.